The predicted octanol–water partition coefficient (Wildman–Crippen LogP) is 3.51. The van der Waals surface area contributed by atoms with Gasteiger partial charge in [-0.2, -0.15) is 5.10 Å². The van der Waals surface area contributed by atoms with E-state index in [1.807, 2.05) is 6.20 Å². The summed E-state index contributed by atoms with van der Waals surface area (Å²) in [5.74, 6) is 0.772. The summed E-state index contributed by atoms with van der Waals surface area (Å²) in [6, 6.07) is 2.71. The van der Waals surface area contributed by atoms with E-state index in [0.717, 1.165) is 5.92 Å². The molecule has 1 aliphatic carbocycles. The Hall–Kier alpha value is -0.790. The molecular weight excluding hydrogens is 172 g/mol. The smallest absolute Gasteiger partial charge is 0.0492 e. The fourth-order valence-electron chi connectivity index (χ4n) is 2.48. The van der Waals surface area contributed by atoms with Crippen LogP contribution in [0.3, 0.4) is 0 Å². The van der Waals surface area contributed by atoms with Crippen molar-refractivity contribution in [2.75, 3.05) is 0 Å². The molecule has 14 heavy (non-hydrogen) atoms. The molecule has 1 saturated carbocycles. The van der Waals surface area contributed by atoms with Crippen LogP contribution < -0.4 is 0 Å². The molecule has 1 aromatic rings. The zero-order valence-electron chi connectivity index (χ0n) is 9.24. The number of aromatic nitrogens is 2. The normalized spacial score (nSPS) is 19.1. The standard InChI is InChI=1S/C12H20N2/c1-10(2)14-12(8-9-13-14)11-6-4-3-5-7-11/h8-11H,3-7H2,1-2H3. The Bertz CT molecular complexity index is 282. The van der Waals surface area contributed by atoms with Crippen LogP contribution in [0, 0.1) is 0 Å². The molecule has 2 heteroatoms. The van der Waals surface area contributed by atoms with Crippen molar-refractivity contribution in [2.24, 2.45) is 0 Å². The lowest BCUT2D eigenvalue weighted by molar-refractivity contribution is 0.401. The van der Waals surface area contributed by atoms with Crippen LogP contribution in [0.15, 0.2) is 12.3 Å². The maximum atomic E-state index is 4.41. The number of rotatable bonds is 2. The first-order valence-electron chi connectivity index (χ1n) is 5.82. The van der Waals surface area contributed by atoms with Crippen molar-refractivity contribution in [1.82, 2.24) is 9.78 Å². The molecule has 0 N–H and O–H groups in total. The molecule has 0 bridgehead atoms. The molecule has 0 atom stereocenters. The van der Waals surface area contributed by atoms with E-state index < -0.39 is 0 Å². The molecule has 0 saturated heterocycles. The monoisotopic (exact) mass is 192 g/mol. The molecule has 0 aliphatic heterocycles. The minimum Gasteiger partial charge on any atom is -0.267 e. The van der Waals surface area contributed by atoms with E-state index in [1.54, 1.807) is 0 Å². The third-order valence-corrected chi connectivity index (χ3v) is 3.21. The highest BCUT2D eigenvalue weighted by Gasteiger charge is 2.19. The maximum Gasteiger partial charge on any atom is 0.0492 e. The Kier molecular flexibility index (Phi) is 2.90. The molecule has 0 unspecified atom stereocenters. The summed E-state index contributed by atoms with van der Waals surface area (Å²) in [4.78, 5) is 0. The van der Waals surface area contributed by atoms with E-state index >= 15 is 0 Å². The van der Waals surface area contributed by atoms with Gasteiger partial charge in [-0.05, 0) is 32.8 Å². The van der Waals surface area contributed by atoms with Gasteiger partial charge in [0.1, 0.15) is 0 Å². The zero-order valence-corrected chi connectivity index (χ0v) is 9.24. The van der Waals surface area contributed by atoms with Gasteiger partial charge in [0.15, 0.2) is 0 Å². The highest BCUT2D eigenvalue weighted by atomic mass is 15.3. The summed E-state index contributed by atoms with van der Waals surface area (Å²) in [7, 11) is 0. The van der Waals surface area contributed by atoms with Crippen LogP contribution >= 0.6 is 0 Å². The second-order valence-electron chi connectivity index (χ2n) is 4.63. The Morgan fingerprint density at radius 3 is 2.64 bits per heavy atom. The summed E-state index contributed by atoms with van der Waals surface area (Å²) in [5, 5.41) is 4.41. The fourth-order valence-corrected chi connectivity index (χ4v) is 2.48. The van der Waals surface area contributed by atoms with Gasteiger partial charge in [0.2, 0.25) is 0 Å². The van der Waals surface area contributed by atoms with Gasteiger partial charge in [0, 0.05) is 23.9 Å². The number of hydrogen-bond donors (Lipinski definition) is 0. The highest BCUT2D eigenvalue weighted by Crippen LogP contribution is 2.33. The summed E-state index contributed by atoms with van der Waals surface area (Å²) in [5.41, 5.74) is 1.46. The number of nitrogens with zero attached hydrogens (tertiary/aromatic N) is 2. The molecule has 78 valence electrons. The van der Waals surface area contributed by atoms with Crippen LogP contribution in [-0.2, 0) is 0 Å². The third kappa shape index (κ3) is 1.84. The van der Waals surface area contributed by atoms with Crippen molar-refractivity contribution in [3.8, 4) is 0 Å². The van der Waals surface area contributed by atoms with Gasteiger partial charge in [-0.15, -0.1) is 0 Å². The van der Waals surface area contributed by atoms with Crippen molar-refractivity contribution in [3.63, 3.8) is 0 Å². The third-order valence-electron chi connectivity index (χ3n) is 3.21. The van der Waals surface area contributed by atoms with E-state index in [1.165, 1.54) is 37.8 Å². The quantitative estimate of drug-likeness (QED) is 0.701. The molecule has 0 aromatic carbocycles. The highest BCUT2D eigenvalue weighted by molar-refractivity contribution is 5.09. The van der Waals surface area contributed by atoms with Gasteiger partial charge in [-0.1, -0.05) is 19.3 Å². The van der Waals surface area contributed by atoms with Crippen molar-refractivity contribution in [1.29, 1.82) is 0 Å². The zero-order chi connectivity index (χ0) is 9.97. The second kappa shape index (κ2) is 4.16. The molecule has 0 amide bonds. The van der Waals surface area contributed by atoms with Crippen LogP contribution in [-0.4, -0.2) is 9.78 Å². The van der Waals surface area contributed by atoms with E-state index in [-0.39, 0.29) is 0 Å². The van der Waals surface area contributed by atoms with Gasteiger partial charge in [-0.3, -0.25) is 4.68 Å². The Balaban J connectivity index is 2.17. The lowest BCUT2D eigenvalue weighted by Crippen LogP contribution is -2.13. The SMILES string of the molecule is CC(C)n1nccc1C1CCCCC1. The predicted molar refractivity (Wildman–Crippen MR) is 58.4 cm³/mol. The fraction of sp³-hybridized carbons (Fsp3) is 0.750. The topological polar surface area (TPSA) is 17.8 Å². The molecule has 1 aromatic heterocycles. The molecule has 1 aliphatic rings. The van der Waals surface area contributed by atoms with Gasteiger partial charge < -0.3 is 0 Å². The summed E-state index contributed by atoms with van der Waals surface area (Å²) in [6.45, 7) is 4.42. The maximum absolute atomic E-state index is 4.41. The Labute approximate surface area is 86.3 Å². The second-order valence-corrected chi connectivity index (χ2v) is 4.63. The summed E-state index contributed by atoms with van der Waals surface area (Å²) in [6.07, 6.45) is 8.88. The average Bonchev–Trinajstić information content (AvgIpc) is 2.67. The lowest BCUT2D eigenvalue weighted by Gasteiger charge is -2.23. The van der Waals surface area contributed by atoms with Crippen LogP contribution in [0.4, 0.5) is 0 Å². The Morgan fingerprint density at radius 2 is 2.00 bits per heavy atom. The van der Waals surface area contributed by atoms with Gasteiger partial charge in [-0.25, -0.2) is 0 Å². The molecule has 1 heterocycles. The summed E-state index contributed by atoms with van der Waals surface area (Å²) < 4.78 is 2.19. The lowest BCUT2D eigenvalue weighted by atomic mass is 9.87. The molecule has 0 spiro atoms. The van der Waals surface area contributed by atoms with Gasteiger partial charge >= 0.3 is 0 Å². The largest absolute Gasteiger partial charge is 0.267 e. The average molecular weight is 192 g/mol. The van der Waals surface area contributed by atoms with Gasteiger partial charge in [0.05, 0.1) is 0 Å². The molecule has 2 rings (SSSR count). The van der Waals surface area contributed by atoms with E-state index in [4.69, 9.17) is 0 Å². The first-order valence-corrected chi connectivity index (χ1v) is 5.82. The molecular formula is C12H20N2. The number of hydrogen-bond acceptors (Lipinski definition) is 1. The minimum absolute atomic E-state index is 0.502. The Morgan fingerprint density at radius 1 is 1.29 bits per heavy atom. The van der Waals surface area contributed by atoms with Crippen molar-refractivity contribution >= 4 is 0 Å². The van der Waals surface area contributed by atoms with E-state index in [9.17, 15) is 0 Å². The molecule has 2 nitrogen and oxygen atoms in total. The van der Waals surface area contributed by atoms with Crippen LogP contribution in [0.5, 0.6) is 0 Å². The van der Waals surface area contributed by atoms with Crippen LogP contribution in [0.1, 0.15) is 63.6 Å². The van der Waals surface area contributed by atoms with E-state index in [0.29, 0.717) is 6.04 Å². The molecule has 1 fully saturated rings. The van der Waals surface area contributed by atoms with Crippen molar-refractivity contribution < 1.29 is 0 Å². The first-order chi connectivity index (χ1) is 6.79. The van der Waals surface area contributed by atoms with E-state index in [2.05, 4.69) is 29.7 Å². The molecule has 0 radical (unpaired) electrons. The first kappa shape index (κ1) is 9.75. The van der Waals surface area contributed by atoms with Gasteiger partial charge in [0.25, 0.3) is 0 Å². The van der Waals surface area contributed by atoms with Crippen molar-refractivity contribution in [2.45, 2.75) is 57.9 Å². The minimum atomic E-state index is 0.502. The van der Waals surface area contributed by atoms with Crippen LogP contribution in [0.2, 0.25) is 0 Å². The van der Waals surface area contributed by atoms with Crippen molar-refractivity contribution in [3.05, 3.63) is 18.0 Å². The summed E-state index contributed by atoms with van der Waals surface area (Å²) >= 11 is 0. The van der Waals surface area contributed by atoms with Crippen LogP contribution in [0.25, 0.3) is 0 Å².